The summed E-state index contributed by atoms with van der Waals surface area (Å²) < 4.78 is 40.9. The van der Waals surface area contributed by atoms with Gasteiger partial charge in [-0.1, -0.05) is 36.4 Å². The van der Waals surface area contributed by atoms with E-state index in [1.165, 1.54) is 48.8 Å². The number of rotatable bonds is 12. The molecular formula is C45H29F3N8O6RuS2. The summed E-state index contributed by atoms with van der Waals surface area (Å²) in [6.07, 6.45) is -0.399. The number of benzene rings is 2. The van der Waals surface area contributed by atoms with E-state index >= 15 is 0 Å². The SMILES string of the molecule is N#CSCn1nc(C(F)(F)F)cc1-c1ccc(-c2cc(N(c3ccccc3)c3ccccc3)cs2)cn1.O=C(O)c1ccnc(-c2cc(C(=O)O)cc(-c3cc(C(=O)O)ccn3)n2)c1.[Ru]. The molecule has 14 nitrogen and oxygen atoms in total. The van der Waals surface area contributed by atoms with E-state index in [9.17, 15) is 32.7 Å². The van der Waals surface area contributed by atoms with E-state index in [4.69, 9.17) is 15.5 Å². The normalized spacial score (nSPS) is 10.7. The minimum Gasteiger partial charge on any atom is -0.478 e. The Balaban J connectivity index is 0.000000223. The summed E-state index contributed by atoms with van der Waals surface area (Å²) in [4.78, 5) is 53.7. The number of hydrogen-bond acceptors (Lipinski definition) is 12. The summed E-state index contributed by atoms with van der Waals surface area (Å²) in [6, 6.07) is 34.2. The van der Waals surface area contributed by atoms with E-state index in [1.54, 1.807) is 23.6 Å². The van der Waals surface area contributed by atoms with Gasteiger partial charge in [-0.15, -0.1) is 11.3 Å². The van der Waals surface area contributed by atoms with Gasteiger partial charge in [0.25, 0.3) is 0 Å². The van der Waals surface area contributed by atoms with Gasteiger partial charge in [0.15, 0.2) is 5.69 Å². The Morgan fingerprint density at radius 2 is 1.22 bits per heavy atom. The first kappa shape index (κ1) is 46.9. The number of aromatic nitrogens is 6. The Labute approximate surface area is 388 Å². The third kappa shape index (κ3) is 11.3. The minimum absolute atomic E-state index is 0. The molecule has 20 heteroatoms. The van der Waals surface area contributed by atoms with Crippen molar-refractivity contribution in [3.63, 3.8) is 0 Å². The van der Waals surface area contributed by atoms with Crippen LogP contribution in [0.5, 0.6) is 0 Å². The zero-order chi connectivity index (χ0) is 45.4. The largest absolute Gasteiger partial charge is 0.478 e. The van der Waals surface area contributed by atoms with Crippen molar-refractivity contribution in [3.8, 4) is 50.0 Å². The fraction of sp³-hybridized carbons (Fsp3) is 0.0444. The minimum atomic E-state index is -4.59. The molecule has 65 heavy (non-hydrogen) atoms. The number of halogens is 3. The average molecular weight is 1000 g/mol. The third-order valence-electron chi connectivity index (χ3n) is 9.12. The van der Waals surface area contributed by atoms with Crippen LogP contribution >= 0.6 is 23.1 Å². The Hall–Kier alpha value is -7.59. The monoisotopic (exact) mass is 1000 g/mol. The van der Waals surface area contributed by atoms with Crippen LogP contribution < -0.4 is 4.90 Å². The van der Waals surface area contributed by atoms with E-state index in [0.29, 0.717) is 5.69 Å². The molecule has 0 aliphatic carbocycles. The Bertz CT molecular complexity index is 2910. The molecule has 0 radical (unpaired) electrons. The van der Waals surface area contributed by atoms with Crippen molar-refractivity contribution in [3.05, 3.63) is 168 Å². The Morgan fingerprint density at radius 3 is 1.69 bits per heavy atom. The molecule has 0 aliphatic rings. The molecule has 6 heterocycles. The number of thiocyanates is 1. The number of thioether (sulfide) groups is 1. The average Bonchev–Trinajstić information content (AvgIpc) is 3.98. The summed E-state index contributed by atoms with van der Waals surface area (Å²) in [7, 11) is 0. The zero-order valence-corrected chi connectivity index (χ0v) is 36.4. The molecule has 0 saturated heterocycles. The van der Waals surface area contributed by atoms with Gasteiger partial charge >= 0.3 is 24.1 Å². The molecule has 326 valence electrons. The standard InChI is InChI=1S/C27H18F3N5S2.C18H11N3O6.Ru/c28-27(29,30)26-14-24(34(33-26)18-36-17-31)23-12-11-19(15-32-23)25-13-22(16-37-25)35(20-7-3-1-4-8-20)21-9-5-2-6-10-21;22-16(23)9-1-3-19-12(5-9)14-7-11(18(26)27)8-15(21-14)13-6-10(17(24)25)2-4-20-13;/h1-16H,18H2;1-8H,(H,22,23)(H,24,25)(H,26,27);. The predicted octanol–water partition coefficient (Wildman–Crippen LogP) is 10.6. The molecular weight excluding hydrogens is 971 g/mol. The smallest absolute Gasteiger partial charge is 0.435 e. The van der Waals surface area contributed by atoms with Crippen LogP contribution in [-0.2, 0) is 31.5 Å². The topological polar surface area (TPSA) is 208 Å². The molecule has 8 aromatic rings. The summed E-state index contributed by atoms with van der Waals surface area (Å²) in [5.74, 6) is -3.59. The first-order valence-corrected chi connectivity index (χ1v) is 20.4. The number of thiophene rings is 1. The fourth-order valence-corrected chi connectivity index (χ4v) is 7.40. The van der Waals surface area contributed by atoms with Crippen LogP contribution in [0.3, 0.4) is 0 Å². The van der Waals surface area contributed by atoms with Crippen molar-refractivity contribution < 1.29 is 62.4 Å². The van der Waals surface area contributed by atoms with Crippen molar-refractivity contribution in [2.75, 3.05) is 4.90 Å². The van der Waals surface area contributed by atoms with Gasteiger partial charge in [-0.2, -0.15) is 23.5 Å². The molecule has 0 bridgehead atoms. The summed E-state index contributed by atoms with van der Waals surface area (Å²) in [6.45, 7) is 0. The number of carboxylic acid groups (broad SMARTS) is 3. The van der Waals surface area contributed by atoms with Crippen LogP contribution in [0.1, 0.15) is 36.8 Å². The van der Waals surface area contributed by atoms with Gasteiger partial charge in [0.05, 0.1) is 56.5 Å². The number of alkyl halides is 3. The first-order chi connectivity index (χ1) is 30.8. The summed E-state index contributed by atoms with van der Waals surface area (Å²) in [5.41, 5.74) is 3.78. The number of anilines is 3. The van der Waals surface area contributed by atoms with Crippen LogP contribution in [0.25, 0.3) is 44.6 Å². The van der Waals surface area contributed by atoms with E-state index in [2.05, 4.69) is 41.4 Å². The molecule has 2 aromatic carbocycles. The number of para-hydroxylation sites is 2. The molecule has 6 aromatic heterocycles. The molecule has 0 aliphatic heterocycles. The number of aromatic carboxylic acids is 3. The van der Waals surface area contributed by atoms with Crippen molar-refractivity contribution >= 4 is 58.1 Å². The maximum atomic E-state index is 13.2. The predicted molar refractivity (Wildman–Crippen MR) is 233 cm³/mol. The number of carboxylic acids is 3. The number of nitriles is 1. The van der Waals surface area contributed by atoms with Gasteiger partial charge in [0, 0.05) is 65.3 Å². The van der Waals surface area contributed by atoms with Crippen molar-refractivity contribution in [1.29, 1.82) is 5.26 Å². The van der Waals surface area contributed by atoms with Gasteiger partial charge in [-0.3, -0.25) is 19.6 Å². The number of hydrogen-bond donors (Lipinski definition) is 3. The number of carbonyl (C=O) groups is 3. The van der Waals surface area contributed by atoms with Gasteiger partial charge in [-0.05, 0) is 96.7 Å². The third-order valence-corrected chi connectivity index (χ3v) is 10.6. The summed E-state index contributed by atoms with van der Waals surface area (Å²) in [5, 5.41) is 44.0. The van der Waals surface area contributed by atoms with Crippen LogP contribution in [0.15, 0.2) is 145 Å². The fourth-order valence-electron chi connectivity index (χ4n) is 6.16. The molecule has 0 atom stereocenters. The summed E-state index contributed by atoms with van der Waals surface area (Å²) >= 11 is 2.36. The van der Waals surface area contributed by atoms with Crippen molar-refractivity contribution in [2.45, 2.75) is 12.1 Å². The Morgan fingerprint density at radius 1 is 0.677 bits per heavy atom. The first-order valence-electron chi connectivity index (χ1n) is 18.6. The second-order valence-corrected chi connectivity index (χ2v) is 14.9. The molecule has 0 fully saturated rings. The molecule has 8 rings (SSSR count). The van der Waals surface area contributed by atoms with Gasteiger partial charge in [0.2, 0.25) is 0 Å². The quantitative estimate of drug-likeness (QED) is 0.0769. The molecule has 0 saturated carbocycles. The van der Waals surface area contributed by atoms with Gasteiger partial charge in [-0.25, -0.2) is 19.4 Å². The van der Waals surface area contributed by atoms with Crippen LogP contribution in [-0.4, -0.2) is 62.9 Å². The zero-order valence-electron chi connectivity index (χ0n) is 33.0. The van der Waals surface area contributed by atoms with E-state index < -0.39 is 29.8 Å². The van der Waals surface area contributed by atoms with Gasteiger partial charge in [0.1, 0.15) is 11.3 Å². The van der Waals surface area contributed by atoms with Crippen molar-refractivity contribution in [2.24, 2.45) is 0 Å². The Kier molecular flexibility index (Phi) is 15.0. The van der Waals surface area contributed by atoms with E-state index in [1.807, 2.05) is 72.1 Å². The maximum absolute atomic E-state index is 13.2. The van der Waals surface area contributed by atoms with Crippen LogP contribution in [0.2, 0.25) is 0 Å². The van der Waals surface area contributed by atoms with Crippen LogP contribution in [0, 0.1) is 10.7 Å². The second-order valence-electron chi connectivity index (χ2n) is 13.3. The molecule has 0 spiro atoms. The van der Waals surface area contributed by atoms with Crippen LogP contribution in [0.4, 0.5) is 30.2 Å². The van der Waals surface area contributed by atoms with Crippen molar-refractivity contribution in [1.82, 2.24) is 29.7 Å². The molecule has 0 amide bonds. The van der Waals surface area contributed by atoms with Gasteiger partial charge < -0.3 is 20.2 Å². The van der Waals surface area contributed by atoms with E-state index in [-0.39, 0.29) is 70.5 Å². The second kappa shape index (κ2) is 20.7. The molecule has 0 unspecified atom stereocenters. The number of nitrogens with zero attached hydrogens (tertiary/aromatic N) is 8. The number of pyridine rings is 4. The molecule has 3 N–H and O–H groups in total. The van der Waals surface area contributed by atoms with E-state index in [0.717, 1.165) is 50.0 Å². The maximum Gasteiger partial charge on any atom is 0.435 e.